The van der Waals surface area contributed by atoms with E-state index in [2.05, 4.69) is 29.2 Å². The molecule has 0 saturated heterocycles. The third-order valence-corrected chi connectivity index (χ3v) is 2.89. The Bertz CT molecular complexity index is 193. The van der Waals surface area contributed by atoms with Gasteiger partial charge in [-0.25, -0.2) is 0 Å². The topological polar surface area (TPSA) is 73.9 Å². The Morgan fingerprint density at radius 2 is 1.82 bits per heavy atom. The second kappa shape index (κ2) is 11.7. The lowest BCUT2D eigenvalue weighted by Crippen LogP contribution is -2.27. The van der Waals surface area contributed by atoms with Crippen molar-refractivity contribution in [3.8, 4) is 0 Å². The molecule has 0 heterocycles. The highest BCUT2D eigenvalue weighted by Crippen LogP contribution is 1.94. The van der Waals surface area contributed by atoms with Crippen LogP contribution in [0.4, 0.5) is 0 Å². The maximum Gasteiger partial charge on any atom is 0.139 e. The van der Waals surface area contributed by atoms with E-state index in [-0.39, 0.29) is 0 Å². The molecule has 102 valence electrons. The number of nitrogens with two attached hydrogens (primary N) is 1. The molecular formula is C12H28N4O. The van der Waals surface area contributed by atoms with E-state index in [4.69, 9.17) is 10.9 Å². The summed E-state index contributed by atoms with van der Waals surface area (Å²) in [7, 11) is 0. The van der Waals surface area contributed by atoms with Gasteiger partial charge in [0.15, 0.2) is 0 Å². The number of oxime groups is 1. The van der Waals surface area contributed by atoms with Crippen molar-refractivity contribution in [2.45, 2.75) is 39.5 Å². The van der Waals surface area contributed by atoms with Crippen LogP contribution in [0, 0.1) is 0 Å². The Kier molecular flexibility index (Phi) is 11.1. The van der Waals surface area contributed by atoms with E-state index >= 15 is 0 Å². The number of nitrogens with one attached hydrogen (secondary N) is 1. The van der Waals surface area contributed by atoms with Gasteiger partial charge in [0.05, 0.1) is 0 Å². The maximum absolute atomic E-state index is 8.35. The average molecular weight is 244 g/mol. The second-order valence-electron chi connectivity index (χ2n) is 4.18. The lowest BCUT2D eigenvalue weighted by Gasteiger charge is -2.17. The molecule has 0 radical (unpaired) electrons. The molecule has 4 N–H and O–H groups in total. The van der Waals surface area contributed by atoms with Crippen molar-refractivity contribution in [1.29, 1.82) is 0 Å². The highest BCUT2D eigenvalue weighted by atomic mass is 16.4. The normalized spacial score (nSPS) is 12.3. The predicted molar refractivity (Wildman–Crippen MR) is 72.5 cm³/mol. The van der Waals surface area contributed by atoms with Crippen molar-refractivity contribution in [3.05, 3.63) is 0 Å². The van der Waals surface area contributed by atoms with Crippen molar-refractivity contribution < 1.29 is 5.21 Å². The molecule has 0 aliphatic rings. The summed E-state index contributed by atoms with van der Waals surface area (Å²) in [5, 5.41) is 14.7. The fourth-order valence-corrected chi connectivity index (χ4v) is 1.70. The molecule has 0 rings (SSSR count). The van der Waals surface area contributed by atoms with Gasteiger partial charge in [-0.2, -0.15) is 0 Å². The van der Waals surface area contributed by atoms with Crippen LogP contribution >= 0.6 is 0 Å². The van der Waals surface area contributed by atoms with Crippen LogP contribution in [0.1, 0.15) is 39.5 Å². The van der Waals surface area contributed by atoms with Crippen LogP contribution in [-0.2, 0) is 0 Å². The Morgan fingerprint density at radius 3 is 2.41 bits per heavy atom. The Morgan fingerprint density at radius 1 is 1.18 bits per heavy atom. The average Bonchev–Trinajstić information content (AvgIpc) is 2.36. The van der Waals surface area contributed by atoms with Gasteiger partial charge in [0.1, 0.15) is 5.84 Å². The standard InChI is InChI=1S/C12H28N4O/c1-3-16(4-2)11-7-10-14-9-6-5-8-12(13)15-17/h14,17H,3-11H2,1-2H3,(H2,13,15). The van der Waals surface area contributed by atoms with Crippen LogP contribution in [-0.4, -0.2) is 48.7 Å². The van der Waals surface area contributed by atoms with Gasteiger partial charge < -0.3 is 21.2 Å². The van der Waals surface area contributed by atoms with Gasteiger partial charge in [-0.3, -0.25) is 0 Å². The monoisotopic (exact) mass is 244 g/mol. The van der Waals surface area contributed by atoms with Gasteiger partial charge in [0, 0.05) is 6.42 Å². The summed E-state index contributed by atoms with van der Waals surface area (Å²) in [6.07, 6.45) is 3.92. The molecule has 0 atom stereocenters. The van der Waals surface area contributed by atoms with Crippen LogP contribution < -0.4 is 11.1 Å². The Labute approximate surface area is 105 Å². The minimum atomic E-state index is 0.325. The molecule has 0 saturated carbocycles. The van der Waals surface area contributed by atoms with Crippen LogP contribution in [0.3, 0.4) is 0 Å². The minimum Gasteiger partial charge on any atom is -0.409 e. The number of rotatable bonds is 11. The number of hydrogen-bond donors (Lipinski definition) is 3. The van der Waals surface area contributed by atoms with Crippen molar-refractivity contribution in [2.75, 3.05) is 32.7 Å². The second-order valence-corrected chi connectivity index (χ2v) is 4.18. The van der Waals surface area contributed by atoms with E-state index in [0.29, 0.717) is 12.3 Å². The summed E-state index contributed by atoms with van der Waals surface area (Å²) < 4.78 is 0. The van der Waals surface area contributed by atoms with Crippen molar-refractivity contribution >= 4 is 5.84 Å². The highest BCUT2D eigenvalue weighted by molar-refractivity contribution is 5.79. The molecule has 0 aromatic carbocycles. The molecule has 5 nitrogen and oxygen atoms in total. The molecular weight excluding hydrogens is 216 g/mol. The van der Waals surface area contributed by atoms with E-state index in [1.807, 2.05) is 0 Å². The summed E-state index contributed by atoms with van der Waals surface area (Å²) in [6.45, 7) is 9.92. The largest absolute Gasteiger partial charge is 0.409 e. The number of hydrogen-bond acceptors (Lipinski definition) is 4. The molecule has 0 fully saturated rings. The first-order chi connectivity index (χ1) is 8.24. The van der Waals surface area contributed by atoms with E-state index in [1.54, 1.807) is 0 Å². The molecule has 0 aliphatic heterocycles. The van der Waals surface area contributed by atoms with Gasteiger partial charge in [0.2, 0.25) is 0 Å². The molecule has 0 aliphatic carbocycles. The van der Waals surface area contributed by atoms with Crippen LogP contribution in [0.2, 0.25) is 0 Å². The van der Waals surface area contributed by atoms with Crippen molar-refractivity contribution in [2.24, 2.45) is 10.9 Å². The zero-order valence-electron chi connectivity index (χ0n) is 11.3. The van der Waals surface area contributed by atoms with Crippen LogP contribution in [0.25, 0.3) is 0 Å². The van der Waals surface area contributed by atoms with E-state index in [9.17, 15) is 0 Å². The first-order valence-electron chi connectivity index (χ1n) is 6.64. The molecule has 0 aromatic heterocycles. The number of nitrogens with zero attached hydrogens (tertiary/aromatic N) is 2. The first kappa shape index (κ1) is 16.2. The zero-order chi connectivity index (χ0) is 12.9. The molecule has 0 amide bonds. The van der Waals surface area contributed by atoms with Crippen molar-refractivity contribution in [1.82, 2.24) is 10.2 Å². The summed E-state index contributed by atoms with van der Waals surface area (Å²) in [6, 6.07) is 0. The Hall–Kier alpha value is -0.810. The third kappa shape index (κ3) is 10.1. The van der Waals surface area contributed by atoms with Gasteiger partial charge in [-0.15, -0.1) is 0 Å². The van der Waals surface area contributed by atoms with Crippen LogP contribution in [0.5, 0.6) is 0 Å². The Balaban J connectivity index is 3.18. The van der Waals surface area contributed by atoms with E-state index < -0.39 is 0 Å². The quantitative estimate of drug-likeness (QED) is 0.168. The minimum absolute atomic E-state index is 0.325. The van der Waals surface area contributed by atoms with Gasteiger partial charge in [-0.05, 0) is 52.0 Å². The van der Waals surface area contributed by atoms with Gasteiger partial charge in [0.25, 0.3) is 0 Å². The summed E-state index contributed by atoms with van der Waals surface area (Å²) in [5.74, 6) is 0.325. The highest BCUT2D eigenvalue weighted by Gasteiger charge is 1.97. The predicted octanol–water partition coefficient (Wildman–Crippen LogP) is 1.22. The fraction of sp³-hybridized carbons (Fsp3) is 0.917. The van der Waals surface area contributed by atoms with Gasteiger partial charge in [-0.1, -0.05) is 19.0 Å². The van der Waals surface area contributed by atoms with Crippen molar-refractivity contribution in [3.63, 3.8) is 0 Å². The lowest BCUT2D eigenvalue weighted by molar-refractivity contribution is 0.298. The SMILES string of the molecule is CCN(CC)CCCNCCCC/C(N)=N/O. The molecule has 0 aromatic rings. The summed E-state index contributed by atoms with van der Waals surface area (Å²) in [5.41, 5.74) is 5.37. The molecule has 17 heavy (non-hydrogen) atoms. The smallest absolute Gasteiger partial charge is 0.139 e. The van der Waals surface area contributed by atoms with Crippen LogP contribution in [0.15, 0.2) is 5.16 Å². The van der Waals surface area contributed by atoms with E-state index in [1.165, 1.54) is 13.0 Å². The molecule has 0 spiro atoms. The lowest BCUT2D eigenvalue weighted by atomic mass is 10.2. The molecule has 5 heteroatoms. The number of amidine groups is 1. The maximum atomic E-state index is 8.35. The molecule has 0 unspecified atom stereocenters. The van der Waals surface area contributed by atoms with Gasteiger partial charge >= 0.3 is 0 Å². The summed E-state index contributed by atoms with van der Waals surface area (Å²) in [4.78, 5) is 2.43. The molecule has 0 bridgehead atoms. The summed E-state index contributed by atoms with van der Waals surface area (Å²) >= 11 is 0. The fourth-order valence-electron chi connectivity index (χ4n) is 1.70. The first-order valence-corrected chi connectivity index (χ1v) is 6.64. The number of unbranched alkanes of at least 4 members (excludes halogenated alkanes) is 1. The van der Waals surface area contributed by atoms with E-state index in [0.717, 1.165) is 39.0 Å². The third-order valence-electron chi connectivity index (χ3n) is 2.89. The zero-order valence-corrected chi connectivity index (χ0v) is 11.3.